The average molecular weight is 277 g/mol. The molecule has 0 radical (unpaired) electrons. The summed E-state index contributed by atoms with van der Waals surface area (Å²) in [6, 6.07) is 14.9. The van der Waals surface area contributed by atoms with Gasteiger partial charge in [-0.1, -0.05) is 18.2 Å². The predicted molar refractivity (Wildman–Crippen MR) is 83.6 cm³/mol. The molecule has 0 amide bonds. The topological polar surface area (TPSA) is 39.9 Å². The van der Waals surface area contributed by atoms with E-state index in [2.05, 4.69) is 47.1 Å². The van der Waals surface area contributed by atoms with E-state index in [9.17, 15) is 0 Å². The molecule has 3 rings (SSSR count). The van der Waals surface area contributed by atoms with Crippen molar-refractivity contribution in [3.05, 3.63) is 53.7 Å². The van der Waals surface area contributed by atoms with E-state index in [1.54, 1.807) is 6.20 Å². The first-order valence-electron chi connectivity index (χ1n) is 7.48. The highest BCUT2D eigenvalue weighted by Crippen LogP contribution is 2.27. The summed E-state index contributed by atoms with van der Waals surface area (Å²) in [7, 11) is 0. The second kappa shape index (κ2) is 6.07. The highest BCUT2D eigenvalue weighted by Gasteiger charge is 2.19. The molecule has 1 aromatic carbocycles. The van der Waals surface area contributed by atoms with Crippen molar-refractivity contribution < 1.29 is 0 Å². The Hall–Kier alpha value is -2.18. The number of aromatic nitrogens is 1. The molecule has 1 atom stereocenters. The molecule has 1 aromatic heterocycles. The summed E-state index contributed by atoms with van der Waals surface area (Å²) >= 11 is 0. The first-order valence-corrected chi connectivity index (χ1v) is 7.48. The van der Waals surface area contributed by atoms with Gasteiger partial charge in [-0.25, -0.2) is 0 Å². The Morgan fingerprint density at radius 2 is 2.00 bits per heavy atom. The number of nitrogens with zero attached hydrogens (tertiary/aromatic N) is 3. The highest BCUT2D eigenvalue weighted by molar-refractivity contribution is 5.60. The van der Waals surface area contributed by atoms with Gasteiger partial charge in [-0.3, -0.25) is 9.88 Å². The Morgan fingerprint density at radius 1 is 1.19 bits per heavy atom. The summed E-state index contributed by atoms with van der Waals surface area (Å²) in [5, 5.41) is 8.84. The van der Waals surface area contributed by atoms with Gasteiger partial charge in [0.15, 0.2) is 0 Å². The van der Waals surface area contributed by atoms with Gasteiger partial charge < -0.3 is 0 Å². The third-order valence-electron chi connectivity index (χ3n) is 4.25. The second-order valence-electron chi connectivity index (χ2n) is 5.59. The number of hydrogen-bond acceptors (Lipinski definition) is 3. The van der Waals surface area contributed by atoms with Crippen LogP contribution in [0.5, 0.6) is 0 Å². The molecule has 1 saturated heterocycles. The van der Waals surface area contributed by atoms with Crippen LogP contribution in [0.1, 0.15) is 36.9 Å². The van der Waals surface area contributed by atoms with E-state index < -0.39 is 0 Å². The van der Waals surface area contributed by atoms with Gasteiger partial charge in [0, 0.05) is 17.8 Å². The zero-order valence-corrected chi connectivity index (χ0v) is 12.3. The minimum Gasteiger partial charge on any atom is -0.297 e. The Kier molecular flexibility index (Phi) is 3.98. The van der Waals surface area contributed by atoms with E-state index in [0.717, 1.165) is 11.3 Å². The maximum atomic E-state index is 8.84. The largest absolute Gasteiger partial charge is 0.297 e. The van der Waals surface area contributed by atoms with Crippen molar-refractivity contribution in [3.63, 3.8) is 0 Å². The monoisotopic (exact) mass is 277 g/mol. The predicted octanol–water partition coefficient (Wildman–Crippen LogP) is 3.78. The molecule has 1 aliphatic heterocycles. The quantitative estimate of drug-likeness (QED) is 0.857. The van der Waals surface area contributed by atoms with Crippen LogP contribution in [-0.2, 0) is 0 Å². The van der Waals surface area contributed by atoms with Crippen LogP contribution in [0.2, 0.25) is 0 Å². The van der Waals surface area contributed by atoms with Crippen LogP contribution in [0.3, 0.4) is 0 Å². The van der Waals surface area contributed by atoms with Gasteiger partial charge >= 0.3 is 0 Å². The van der Waals surface area contributed by atoms with Crippen molar-refractivity contribution in [2.45, 2.75) is 25.8 Å². The molecule has 0 unspecified atom stereocenters. The minimum absolute atomic E-state index is 0.450. The molecular weight excluding hydrogens is 258 g/mol. The number of nitriles is 1. The third kappa shape index (κ3) is 2.96. The highest BCUT2D eigenvalue weighted by atomic mass is 15.2. The summed E-state index contributed by atoms with van der Waals surface area (Å²) in [5.41, 5.74) is 3.97. The molecule has 0 spiro atoms. The first-order chi connectivity index (χ1) is 10.3. The summed E-state index contributed by atoms with van der Waals surface area (Å²) in [4.78, 5) is 6.91. The van der Waals surface area contributed by atoms with E-state index in [1.807, 2.05) is 12.1 Å². The van der Waals surface area contributed by atoms with Crippen LogP contribution in [0, 0.1) is 11.3 Å². The maximum Gasteiger partial charge on any atom is 0.101 e. The lowest BCUT2D eigenvalue weighted by atomic mass is 10.0. The fourth-order valence-corrected chi connectivity index (χ4v) is 2.93. The van der Waals surface area contributed by atoms with Gasteiger partial charge in [0.1, 0.15) is 6.07 Å². The molecule has 21 heavy (non-hydrogen) atoms. The zero-order chi connectivity index (χ0) is 14.7. The van der Waals surface area contributed by atoms with Crippen LogP contribution >= 0.6 is 0 Å². The minimum atomic E-state index is 0.450. The average Bonchev–Trinajstić information content (AvgIpc) is 3.09. The fraction of sp³-hybridized carbons (Fsp3) is 0.333. The molecule has 0 saturated carbocycles. The van der Waals surface area contributed by atoms with Crippen molar-refractivity contribution in [2.75, 3.05) is 13.1 Å². The molecular formula is C18H19N3. The van der Waals surface area contributed by atoms with Crippen molar-refractivity contribution in [2.24, 2.45) is 0 Å². The van der Waals surface area contributed by atoms with E-state index >= 15 is 0 Å². The van der Waals surface area contributed by atoms with Gasteiger partial charge in [-0.2, -0.15) is 5.26 Å². The van der Waals surface area contributed by atoms with Crippen LogP contribution in [0.15, 0.2) is 42.6 Å². The molecule has 2 aromatic rings. The van der Waals surface area contributed by atoms with Crippen LogP contribution in [0.4, 0.5) is 0 Å². The van der Waals surface area contributed by atoms with Gasteiger partial charge in [0.2, 0.25) is 0 Å². The fourth-order valence-electron chi connectivity index (χ4n) is 2.93. The van der Waals surface area contributed by atoms with Crippen molar-refractivity contribution in [1.29, 1.82) is 5.26 Å². The molecule has 1 fully saturated rings. The lowest BCUT2D eigenvalue weighted by Gasteiger charge is -2.24. The molecule has 2 heterocycles. The van der Waals surface area contributed by atoms with Gasteiger partial charge in [-0.05, 0) is 56.6 Å². The van der Waals surface area contributed by atoms with E-state index in [4.69, 9.17) is 5.26 Å². The van der Waals surface area contributed by atoms with Gasteiger partial charge in [0.05, 0.1) is 11.3 Å². The van der Waals surface area contributed by atoms with E-state index in [1.165, 1.54) is 31.5 Å². The molecule has 106 valence electrons. The number of likely N-dealkylation sites (tertiary alicyclic amines) is 1. The number of benzene rings is 1. The molecule has 3 nitrogen and oxygen atoms in total. The van der Waals surface area contributed by atoms with Crippen LogP contribution in [0.25, 0.3) is 11.3 Å². The number of hydrogen-bond donors (Lipinski definition) is 0. The summed E-state index contributed by atoms with van der Waals surface area (Å²) in [6.45, 7) is 4.66. The van der Waals surface area contributed by atoms with Gasteiger partial charge in [0.25, 0.3) is 0 Å². The van der Waals surface area contributed by atoms with Crippen molar-refractivity contribution >= 4 is 0 Å². The molecule has 1 aliphatic rings. The van der Waals surface area contributed by atoms with Crippen LogP contribution in [-0.4, -0.2) is 23.0 Å². The van der Waals surface area contributed by atoms with Crippen LogP contribution < -0.4 is 0 Å². The molecule has 0 bridgehead atoms. The SMILES string of the molecule is C[C@H](c1cccc(-c2ccc(C#N)cn2)c1)N1CCCC1. The summed E-state index contributed by atoms with van der Waals surface area (Å²) < 4.78 is 0. The first kappa shape index (κ1) is 13.8. The maximum absolute atomic E-state index is 8.84. The molecule has 0 N–H and O–H groups in total. The Labute approximate surface area is 125 Å². The van der Waals surface area contributed by atoms with E-state index in [-0.39, 0.29) is 0 Å². The molecule has 0 aliphatic carbocycles. The lowest BCUT2D eigenvalue weighted by Crippen LogP contribution is -2.23. The smallest absolute Gasteiger partial charge is 0.101 e. The lowest BCUT2D eigenvalue weighted by molar-refractivity contribution is 0.263. The normalized spacial score (nSPS) is 16.6. The Bertz CT molecular complexity index is 649. The summed E-state index contributed by atoms with van der Waals surface area (Å²) in [6.07, 6.45) is 4.24. The second-order valence-corrected chi connectivity index (χ2v) is 5.59. The van der Waals surface area contributed by atoms with E-state index in [0.29, 0.717) is 11.6 Å². The van der Waals surface area contributed by atoms with Crippen molar-refractivity contribution in [3.8, 4) is 17.3 Å². The van der Waals surface area contributed by atoms with Gasteiger partial charge in [-0.15, -0.1) is 0 Å². The Morgan fingerprint density at radius 3 is 2.67 bits per heavy atom. The summed E-state index contributed by atoms with van der Waals surface area (Å²) in [5.74, 6) is 0. The van der Waals surface area contributed by atoms with Crippen molar-refractivity contribution in [1.82, 2.24) is 9.88 Å². The molecule has 3 heteroatoms. The third-order valence-corrected chi connectivity index (χ3v) is 4.25. The standard InChI is InChI=1S/C18H19N3/c1-14(21-9-2-3-10-21)16-5-4-6-17(11-16)18-8-7-15(12-19)13-20-18/h4-8,11,13-14H,2-3,9-10H2,1H3/t14-/m1/s1. The zero-order valence-electron chi connectivity index (χ0n) is 12.3. The Balaban J connectivity index is 1.86. The number of rotatable bonds is 3. The number of pyridine rings is 1.